The number of anilines is 1. The molecule has 0 atom stereocenters. The Labute approximate surface area is 164 Å². The summed E-state index contributed by atoms with van der Waals surface area (Å²) >= 11 is 6.92. The summed E-state index contributed by atoms with van der Waals surface area (Å²) in [6, 6.07) is 7.84. The molecule has 0 bridgehead atoms. The normalized spacial score (nSPS) is 14.1. The zero-order valence-electron chi connectivity index (χ0n) is 14.5. The summed E-state index contributed by atoms with van der Waals surface area (Å²) in [5, 5.41) is 14.1. The SMILES string of the molecule is Cc1ccc(NC(=O)N2CCN(C(=O)c3ccc([N+](=O)[O-])s3)CC2)cc1Cl. The van der Waals surface area contributed by atoms with Crippen LogP contribution >= 0.6 is 22.9 Å². The van der Waals surface area contributed by atoms with Gasteiger partial charge in [-0.15, -0.1) is 0 Å². The van der Waals surface area contributed by atoms with E-state index in [1.165, 1.54) is 12.1 Å². The van der Waals surface area contributed by atoms with Gasteiger partial charge in [-0.1, -0.05) is 29.0 Å². The number of urea groups is 1. The molecule has 27 heavy (non-hydrogen) atoms. The van der Waals surface area contributed by atoms with Gasteiger partial charge in [0, 0.05) is 43.0 Å². The number of carbonyl (C=O) groups is 2. The molecule has 1 aliphatic heterocycles. The maximum Gasteiger partial charge on any atom is 0.324 e. The summed E-state index contributed by atoms with van der Waals surface area (Å²) in [5.41, 5.74) is 1.54. The second-order valence-electron chi connectivity index (χ2n) is 6.07. The van der Waals surface area contributed by atoms with E-state index in [2.05, 4.69) is 5.32 Å². The van der Waals surface area contributed by atoms with Crippen molar-refractivity contribution in [3.05, 3.63) is 55.9 Å². The van der Waals surface area contributed by atoms with Crippen LogP contribution in [-0.2, 0) is 0 Å². The number of amides is 3. The van der Waals surface area contributed by atoms with E-state index in [9.17, 15) is 19.7 Å². The van der Waals surface area contributed by atoms with Crippen LogP contribution < -0.4 is 5.32 Å². The lowest BCUT2D eigenvalue weighted by Crippen LogP contribution is -2.51. The molecule has 3 rings (SSSR count). The highest BCUT2D eigenvalue weighted by atomic mass is 35.5. The van der Waals surface area contributed by atoms with Crippen LogP contribution in [-0.4, -0.2) is 52.8 Å². The van der Waals surface area contributed by atoms with E-state index in [-0.39, 0.29) is 16.9 Å². The summed E-state index contributed by atoms with van der Waals surface area (Å²) < 4.78 is 0. The third-order valence-electron chi connectivity index (χ3n) is 4.26. The molecule has 1 aliphatic rings. The van der Waals surface area contributed by atoms with Gasteiger partial charge in [0.2, 0.25) is 0 Å². The fourth-order valence-corrected chi connectivity index (χ4v) is 3.65. The van der Waals surface area contributed by atoms with Crippen LogP contribution in [0.5, 0.6) is 0 Å². The number of nitrogens with zero attached hydrogens (tertiary/aromatic N) is 3. The lowest BCUT2D eigenvalue weighted by atomic mass is 10.2. The Morgan fingerprint density at radius 3 is 2.41 bits per heavy atom. The molecule has 3 amide bonds. The average molecular weight is 409 g/mol. The molecule has 1 aromatic heterocycles. The minimum Gasteiger partial charge on any atom is -0.334 e. The third kappa shape index (κ3) is 4.37. The molecule has 0 aliphatic carbocycles. The number of nitrogens with one attached hydrogen (secondary N) is 1. The Balaban J connectivity index is 1.56. The molecule has 0 unspecified atom stereocenters. The minimum atomic E-state index is -0.513. The van der Waals surface area contributed by atoms with Crippen LogP contribution in [0.3, 0.4) is 0 Å². The van der Waals surface area contributed by atoms with Crippen molar-refractivity contribution in [1.29, 1.82) is 0 Å². The highest BCUT2D eigenvalue weighted by molar-refractivity contribution is 7.17. The van der Waals surface area contributed by atoms with Crippen molar-refractivity contribution in [2.75, 3.05) is 31.5 Å². The van der Waals surface area contributed by atoms with Crippen LogP contribution in [0.1, 0.15) is 15.2 Å². The zero-order chi connectivity index (χ0) is 19.6. The number of hydrogen-bond acceptors (Lipinski definition) is 5. The van der Waals surface area contributed by atoms with Crippen LogP contribution in [0.4, 0.5) is 15.5 Å². The van der Waals surface area contributed by atoms with Crippen LogP contribution in [0.2, 0.25) is 5.02 Å². The first-order valence-electron chi connectivity index (χ1n) is 8.21. The summed E-state index contributed by atoms with van der Waals surface area (Å²) in [7, 11) is 0. The molecule has 1 N–H and O–H groups in total. The van der Waals surface area contributed by atoms with Crippen molar-refractivity contribution >= 4 is 45.6 Å². The van der Waals surface area contributed by atoms with Crippen LogP contribution in [0.15, 0.2) is 30.3 Å². The van der Waals surface area contributed by atoms with Gasteiger partial charge in [-0.2, -0.15) is 0 Å². The van der Waals surface area contributed by atoms with Gasteiger partial charge in [0.05, 0.1) is 9.80 Å². The quantitative estimate of drug-likeness (QED) is 0.619. The van der Waals surface area contributed by atoms with Gasteiger partial charge in [0.1, 0.15) is 0 Å². The lowest BCUT2D eigenvalue weighted by Gasteiger charge is -2.34. The molecule has 2 aromatic rings. The van der Waals surface area contributed by atoms with Crippen molar-refractivity contribution in [1.82, 2.24) is 9.80 Å². The smallest absolute Gasteiger partial charge is 0.324 e. The van der Waals surface area contributed by atoms with E-state index in [1.807, 2.05) is 13.0 Å². The lowest BCUT2D eigenvalue weighted by molar-refractivity contribution is -0.380. The number of nitro groups is 1. The maximum absolute atomic E-state index is 12.5. The van der Waals surface area contributed by atoms with E-state index >= 15 is 0 Å². The molecule has 8 nitrogen and oxygen atoms in total. The van der Waals surface area contributed by atoms with Gasteiger partial charge in [0.25, 0.3) is 5.91 Å². The summed E-state index contributed by atoms with van der Waals surface area (Å²) in [4.78, 5) is 38.6. The summed E-state index contributed by atoms with van der Waals surface area (Å²) in [6.07, 6.45) is 0. The predicted octanol–water partition coefficient (Wildman–Crippen LogP) is 3.61. The van der Waals surface area contributed by atoms with E-state index in [0.29, 0.717) is 41.8 Å². The Bertz CT molecular complexity index is 893. The minimum absolute atomic E-state index is 0.0619. The number of halogens is 1. The van der Waals surface area contributed by atoms with Crippen LogP contribution in [0.25, 0.3) is 0 Å². The Morgan fingerprint density at radius 2 is 1.81 bits per heavy atom. The van der Waals surface area contributed by atoms with Gasteiger partial charge in [-0.05, 0) is 30.7 Å². The molecule has 0 radical (unpaired) electrons. The second kappa shape index (κ2) is 7.93. The predicted molar refractivity (Wildman–Crippen MR) is 104 cm³/mol. The number of aryl methyl sites for hydroxylation is 1. The monoisotopic (exact) mass is 408 g/mol. The zero-order valence-corrected chi connectivity index (χ0v) is 16.0. The number of hydrogen-bond donors (Lipinski definition) is 1. The standard InChI is InChI=1S/C17H17ClN4O4S/c1-11-2-3-12(10-13(11)18)19-17(24)21-8-6-20(7-9-21)16(23)14-4-5-15(27-14)22(25)26/h2-5,10H,6-9H2,1H3,(H,19,24). The number of thiophene rings is 1. The molecule has 2 heterocycles. The van der Waals surface area contributed by atoms with E-state index in [4.69, 9.17) is 11.6 Å². The Kier molecular flexibility index (Phi) is 5.62. The maximum atomic E-state index is 12.5. The second-order valence-corrected chi connectivity index (χ2v) is 7.54. The summed E-state index contributed by atoms with van der Waals surface area (Å²) in [5.74, 6) is -0.251. The van der Waals surface area contributed by atoms with Crippen molar-refractivity contribution in [2.24, 2.45) is 0 Å². The highest BCUT2D eigenvalue weighted by Gasteiger charge is 2.26. The molecule has 1 saturated heterocycles. The highest BCUT2D eigenvalue weighted by Crippen LogP contribution is 2.25. The molecule has 0 spiro atoms. The Hall–Kier alpha value is -2.65. The van der Waals surface area contributed by atoms with Crippen molar-refractivity contribution < 1.29 is 14.5 Å². The van der Waals surface area contributed by atoms with Crippen molar-refractivity contribution in [2.45, 2.75) is 6.92 Å². The third-order valence-corrected chi connectivity index (χ3v) is 5.69. The fraction of sp³-hybridized carbons (Fsp3) is 0.294. The first-order chi connectivity index (χ1) is 12.8. The molecule has 0 saturated carbocycles. The number of benzene rings is 1. The molecular weight excluding hydrogens is 392 g/mol. The Morgan fingerprint density at radius 1 is 1.15 bits per heavy atom. The largest absolute Gasteiger partial charge is 0.334 e. The number of rotatable bonds is 3. The van der Waals surface area contributed by atoms with E-state index in [1.54, 1.807) is 21.9 Å². The van der Waals surface area contributed by atoms with Gasteiger partial charge < -0.3 is 15.1 Å². The molecular formula is C17H17ClN4O4S. The van der Waals surface area contributed by atoms with Crippen molar-refractivity contribution in [3.8, 4) is 0 Å². The first kappa shape index (κ1) is 19.1. The number of piperazine rings is 1. The van der Waals surface area contributed by atoms with Gasteiger partial charge >= 0.3 is 11.0 Å². The van der Waals surface area contributed by atoms with Crippen molar-refractivity contribution in [3.63, 3.8) is 0 Å². The molecule has 142 valence electrons. The topological polar surface area (TPSA) is 95.8 Å². The fourth-order valence-electron chi connectivity index (χ4n) is 2.68. The van der Waals surface area contributed by atoms with Gasteiger partial charge in [0.15, 0.2) is 0 Å². The van der Waals surface area contributed by atoms with Crippen LogP contribution in [0, 0.1) is 17.0 Å². The van der Waals surface area contributed by atoms with Gasteiger partial charge in [-0.25, -0.2) is 4.79 Å². The van der Waals surface area contributed by atoms with E-state index < -0.39 is 4.92 Å². The molecule has 1 fully saturated rings. The van der Waals surface area contributed by atoms with E-state index in [0.717, 1.165) is 16.9 Å². The summed E-state index contributed by atoms with van der Waals surface area (Å²) in [6.45, 7) is 3.38. The molecule has 10 heteroatoms. The average Bonchev–Trinajstić information content (AvgIpc) is 3.15. The van der Waals surface area contributed by atoms with Gasteiger partial charge in [-0.3, -0.25) is 14.9 Å². The molecule has 1 aromatic carbocycles. The number of carbonyl (C=O) groups excluding carboxylic acids is 2. The first-order valence-corrected chi connectivity index (χ1v) is 9.40.